The average molecular weight is 274 g/mol. The van der Waals surface area contributed by atoms with E-state index in [2.05, 4.69) is 14.6 Å². The Labute approximate surface area is 117 Å². The maximum absolute atomic E-state index is 12.4. The van der Waals surface area contributed by atoms with Crippen LogP contribution >= 0.6 is 0 Å². The highest BCUT2D eigenvalue weighted by Gasteiger charge is 2.22. The fraction of sp³-hybridized carbons (Fsp3) is 0.462. The maximum atomic E-state index is 12.4. The molecule has 2 aromatic rings. The number of carbonyl (C=O) groups excluding carboxylic acids is 1. The molecule has 0 bridgehead atoms. The van der Waals surface area contributed by atoms with Crippen LogP contribution in [0.15, 0.2) is 12.4 Å². The minimum absolute atomic E-state index is 0.0462. The van der Waals surface area contributed by atoms with Gasteiger partial charge in [-0.15, -0.1) is 0 Å². The van der Waals surface area contributed by atoms with Gasteiger partial charge in [0, 0.05) is 25.5 Å². The van der Waals surface area contributed by atoms with Crippen LogP contribution in [0.2, 0.25) is 0 Å². The summed E-state index contributed by atoms with van der Waals surface area (Å²) in [5.74, 6) is 0.974. The Hall–Kier alpha value is -2.31. The smallest absolute Gasteiger partial charge is 0.244 e. The summed E-state index contributed by atoms with van der Waals surface area (Å²) < 4.78 is 3.75. The summed E-state index contributed by atoms with van der Waals surface area (Å²) in [7, 11) is 0. The first-order chi connectivity index (χ1) is 9.56. The highest BCUT2D eigenvalue weighted by molar-refractivity contribution is 5.76. The number of aryl methyl sites for hydroxylation is 1. The highest BCUT2D eigenvalue weighted by atomic mass is 16.2. The van der Waals surface area contributed by atoms with Gasteiger partial charge in [-0.25, -0.2) is 4.98 Å². The molecule has 0 aromatic carbocycles. The number of amides is 1. The number of carbonyl (C=O) groups is 1. The zero-order valence-corrected chi connectivity index (χ0v) is 11.7. The Morgan fingerprint density at radius 2 is 2.20 bits per heavy atom. The van der Waals surface area contributed by atoms with Gasteiger partial charge in [-0.05, 0) is 13.8 Å². The Bertz CT molecular complexity index is 656. The van der Waals surface area contributed by atoms with Gasteiger partial charge in [0.1, 0.15) is 12.4 Å². The molecule has 0 aliphatic carbocycles. The summed E-state index contributed by atoms with van der Waals surface area (Å²) in [5, 5.41) is 4.30. The number of hydrogen-bond donors (Lipinski definition) is 1. The number of nitrogen functional groups attached to an aromatic ring is 1. The minimum atomic E-state index is 0.0462. The van der Waals surface area contributed by atoms with E-state index < -0.39 is 0 Å². The van der Waals surface area contributed by atoms with Crippen LogP contribution in [0.1, 0.15) is 17.2 Å². The summed E-state index contributed by atoms with van der Waals surface area (Å²) in [5.41, 5.74) is 8.15. The molecule has 7 heteroatoms. The topological polar surface area (TPSA) is 82.0 Å². The molecule has 20 heavy (non-hydrogen) atoms. The van der Waals surface area contributed by atoms with Gasteiger partial charge >= 0.3 is 0 Å². The zero-order valence-electron chi connectivity index (χ0n) is 11.7. The highest BCUT2D eigenvalue weighted by Crippen LogP contribution is 2.16. The molecule has 2 aromatic heterocycles. The molecular formula is C13H18N6O. The number of hydrogen-bond acceptors (Lipinski definition) is 4. The third-order valence-electron chi connectivity index (χ3n) is 3.82. The van der Waals surface area contributed by atoms with Gasteiger partial charge in [0.25, 0.3) is 0 Å². The summed E-state index contributed by atoms with van der Waals surface area (Å²) in [6.07, 6.45) is 3.71. The predicted molar refractivity (Wildman–Crippen MR) is 73.8 cm³/mol. The van der Waals surface area contributed by atoms with Crippen molar-refractivity contribution in [2.75, 3.05) is 12.3 Å². The molecule has 106 valence electrons. The molecule has 0 spiro atoms. The van der Waals surface area contributed by atoms with Crippen molar-refractivity contribution in [2.24, 2.45) is 0 Å². The third kappa shape index (κ3) is 2.04. The van der Waals surface area contributed by atoms with Gasteiger partial charge in [0.15, 0.2) is 0 Å². The van der Waals surface area contributed by atoms with Crippen LogP contribution in [-0.4, -0.2) is 36.7 Å². The van der Waals surface area contributed by atoms with Crippen molar-refractivity contribution >= 4 is 11.6 Å². The summed E-state index contributed by atoms with van der Waals surface area (Å²) >= 11 is 0. The van der Waals surface area contributed by atoms with Crippen molar-refractivity contribution in [3.63, 3.8) is 0 Å². The van der Waals surface area contributed by atoms with Crippen LogP contribution in [-0.2, 0) is 24.4 Å². The van der Waals surface area contributed by atoms with Gasteiger partial charge in [0.2, 0.25) is 5.91 Å². The molecule has 0 saturated heterocycles. The Kier molecular flexibility index (Phi) is 2.96. The van der Waals surface area contributed by atoms with Crippen LogP contribution in [0.5, 0.6) is 0 Å². The molecule has 1 aliphatic rings. The maximum Gasteiger partial charge on any atom is 0.244 e. The second kappa shape index (κ2) is 4.66. The van der Waals surface area contributed by atoms with Crippen LogP contribution in [0.3, 0.4) is 0 Å². The number of anilines is 1. The molecule has 0 atom stereocenters. The number of nitrogens with zero attached hydrogens (tertiary/aromatic N) is 5. The van der Waals surface area contributed by atoms with Crippen molar-refractivity contribution in [3.8, 4) is 0 Å². The normalized spacial score (nSPS) is 14.4. The molecule has 0 unspecified atom stereocenters. The molecule has 3 rings (SSSR count). The van der Waals surface area contributed by atoms with Crippen LogP contribution in [0, 0.1) is 13.8 Å². The van der Waals surface area contributed by atoms with Gasteiger partial charge < -0.3 is 15.2 Å². The van der Waals surface area contributed by atoms with Crippen LogP contribution < -0.4 is 5.73 Å². The molecule has 7 nitrogen and oxygen atoms in total. The van der Waals surface area contributed by atoms with Gasteiger partial charge in [-0.2, -0.15) is 5.10 Å². The van der Waals surface area contributed by atoms with E-state index in [0.29, 0.717) is 18.8 Å². The zero-order chi connectivity index (χ0) is 14.3. The molecule has 1 aliphatic heterocycles. The molecule has 0 fully saturated rings. The van der Waals surface area contributed by atoms with E-state index in [1.165, 1.54) is 0 Å². The van der Waals surface area contributed by atoms with Gasteiger partial charge in [-0.1, -0.05) is 0 Å². The van der Waals surface area contributed by atoms with E-state index in [4.69, 9.17) is 5.73 Å². The molecule has 0 saturated carbocycles. The average Bonchev–Trinajstić information content (AvgIpc) is 2.99. The van der Waals surface area contributed by atoms with E-state index in [0.717, 1.165) is 23.8 Å². The first kappa shape index (κ1) is 12.7. The number of nitrogens with two attached hydrogens (primary N) is 1. The quantitative estimate of drug-likeness (QED) is 0.855. The molecular weight excluding hydrogens is 256 g/mol. The fourth-order valence-electron chi connectivity index (χ4n) is 2.48. The van der Waals surface area contributed by atoms with E-state index in [1.54, 1.807) is 10.9 Å². The summed E-state index contributed by atoms with van der Waals surface area (Å²) in [6.45, 7) is 6.01. The lowest BCUT2D eigenvalue weighted by molar-refractivity contribution is -0.133. The fourth-order valence-corrected chi connectivity index (χ4v) is 2.48. The lowest BCUT2D eigenvalue weighted by Gasteiger charge is -2.27. The Morgan fingerprint density at radius 3 is 2.90 bits per heavy atom. The number of fused-ring (bicyclic) bond motifs is 1. The van der Waals surface area contributed by atoms with Crippen molar-refractivity contribution in [1.82, 2.24) is 24.2 Å². The first-order valence-electron chi connectivity index (χ1n) is 6.63. The molecule has 3 heterocycles. The number of imidazole rings is 1. The third-order valence-corrected chi connectivity index (χ3v) is 3.82. The Balaban J connectivity index is 1.73. The molecule has 0 radical (unpaired) electrons. The summed E-state index contributed by atoms with van der Waals surface area (Å²) in [4.78, 5) is 18.4. The van der Waals surface area contributed by atoms with E-state index in [-0.39, 0.29) is 12.5 Å². The second-order valence-corrected chi connectivity index (χ2v) is 5.09. The lowest BCUT2D eigenvalue weighted by atomic mass is 10.3. The molecule has 2 N–H and O–H groups in total. The van der Waals surface area contributed by atoms with Crippen molar-refractivity contribution < 1.29 is 4.79 Å². The summed E-state index contributed by atoms with van der Waals surface area (Å²) in [6, 6.07) is 0. The predicted octanol–water partition coefficient (Wildman–Crippen LogP) is 0.321. The van der Waals surface area contributed by atoms with Gasteiger partial charge in [-0.3, -0.25) is 9.48 Å². The van der Waals surface area contributed by atoms with E-state index in [9.17, 15) is 4.79 Å². The number of rotatable bonds is 2. The monoisotopic (exact) mass is 274 g/mol. The van der Waals surface area contributed by atoms with Gasteiger partial charge in [0.05, 0.1) is 23.6 Å². The lowest BCUT2D eigenvalue weighted by Crippen LogP contribution is -2.40. The van der Waals surface area contributed by atoms with Crippen molar-refractivity contribution in [3.05, 3.63) is 29.6 Å². The second-order valence-electron chi connectivity index (χ2n) is 5.09. The SMILES string of the molecule is Cc1nn(CC(=O)N2CCn3ccnc3C2)c(C)c1N. The minimum Gasteiger partial charge on any atom is -0.396 e. The van der Waals surface area contributed by atoms with Crippen molar-refractivity contribution in [2.45, 2.75) is 33.5 Å². The molecule has 1 amide bonds. The number of aromatic nitrogens is 4. The van der Waals surface area contributed by atoms with Crippen molar-refractivity contribution in [1.29, 1.82) is 0 Å². The first-order valence-corrected chi connectivity index (χ1v) is 6.63. The Morgan fingerprint density at radius 1 is 1.40 bits per heavy atom. The largest absolute Gasteiger partial charge is 0.396 e. The van der Waals surface area contributed by atoms with Crippen LogP contribution in [0.4, 0.5) is 5.69 Å². The standard InChI is InChI=1S/C13H18N6O/c1-9-13(14)10(2)19(16-9)8-12(20)18-6-5-17-4-3-15-11(17)7-18/h3-4H,5-8,14H2,1-2H3. The van der Waals surface area contributed by atoms with Crippen LogP contribution in [0.25, 0.3) is 0 Å². The van der Waals surface area contributed by atoms with E-state index in [1.807, 2.05) is 24.9 Å². The van der Waals surface area contributed by atoms with E-state index >= 15 is 0 Å².